The summed E-state index contributed by atoms with van der Waals surface area (Å²) in [6.45, 7) is 5.13. The predicted molar refractivity (Wildman–Crippen MR) is 116 cm³/mol. The van der Waals surface area contributed by atoms with Crippen molar-refractivity contribution in [1.82, 2.24) is 5.32 Å². The van der Waals surface area contributed by atoms with Crippen LogP contribution in [-0.2, 0) is 4.74 Å². The zero-order chi connectivity index (χ0) is 25.2. The molecule has 10 heteroatoms. The third-order valence-electron chi connectivity index (χ3n) is 4.96. The van der Waals surface area contributed by atoms with Gasteiger partial charge in [-0.25, -0.2) is 9.59 Å². The molecule has 0 aliphatic rings. The molecule has 1 aromatic rings. The van der Waals surface area contributed by atoms with Gasteiger partial charge in [0.1, 0.15) is 17.1 Å². The van der Waals surface area contributed by atoms with Crippen LogP contribution in [0.2, 0.25) is 0 Å². The van der Waals surface area contributed by atoms with Crippen molar-refractivity contribution in [3.05, 3.63) is 51.1 Å². The standard InChI is InChI=1S/C23H30F3NO6/c1-14(10-11-23(24,25)26)8-9-16(3)20(29)19-17(28)13-18(33-21(19)30)15(2)7-5-6-12-27-22(31)32-4/h8-9,13,15,28H,5-7,10-12H2,1-4H3,(H,27,31)/b14-8+,16-9+. The summed E-state index contributed by atoms with van der Waals surface area (Å²) in [6.07, 6.45) is -1.29. The number of nitrogens with one attached hydrogen (secondary N) is 1. The Labute approximate surface area is 190 Å². The monoisotopic (exact) mass is 473 g/mol. The third-order valence-corrected chi connectivity index (χ3v) is 4.96. The van der Waals surface area contributed by atoms with Gasteiger partial charge in [0.05, 0.1) is 7.11 Å². The molecule has 1 aromatic heterocycles. The first-order valence-electron chi connectivity index (χ1n) is 10.5. The number of carbonyl (C=O) groups is 2. The zero-order valence-electron chi connectivity index (χ0n) is 19.2. The van der Waals surface area contributed by atoms with Gasteiger partial charge in [-0.1, -0.05) is 31.1 Å². The lowest BCUT2D eigenvalue weighted by atomic mass is 9.99. The molecule has 1 amide bonds. The fraction of sp³-hybridized carbons (Fsp3) is 0.522. The van der Waals surface area contributed by atoms with Gasteiger partial charge in [0.15, 0.2) is 5.78 Å². The molecule has 0 spiro atoms. The Hall–Kier alpha value is -3.04. The van der Waals surface area contributed by atoms with E-state index in [4.69, 9.17) is 4.42 Å². The van der Waals surface area contributed by atoms with Crippen molar-refractivity contribution < 1.29 is 37.0 Å². The topological polar surface area (TPSA) is 106 Å². The van der Waals surface area contributed by atoms with E-state index >= 15 is 0 Å². The van der Waals surface area contributed by atoms with E-state index in [1.807, 2.05) is 0 Å². The maximum atomic E-state index is 12.6. The van der Waals surface area contributed by atoms with Gasteiger partial charge >= 0.3 is 17.9 Å². The summed E-state index contributed by atoms with van der Waals surface area (Å²) in [5.74, 6) is -1.29. The molecular weight excluding hydrogens is 443 g/mol. The second-order valence-corrected chi connectivity index (χ2v) is 7.82. The van der Waals surface area contributed by atoms with E-state index in [0.29, 0.717) is 31.4 Å². The quantitative estimate of drug-likeness (QED) is 0.193. The molecule has 1 rings (SSSR count). The van der Waals surface area contributed by atoms with Gasteiger partial charge in [-0.2, -0.15) is 13.2 Å². The molecule has 1 heterocycles. The summed E-state index contributed by atoms with van der Waals surface area (Å²) in [7, 11) is 1.27. The van der Waals surface area contributed by atoms with Crippen LogP contribution in [0.25, 0.3) is 0 Å². The number of methoxy groups -OCH3 is 1. The Morgan fingerprint density at radius 2 is 1.91 bits per heavy atom. The molecule has 0 aromatic carbocycles. The molecule has 184 valence electrons. The zero-order valence-corrected chi connectivity index (χ0v) is 19.2. The van der Waals surface area contributed by atoms with E-state index in [2.05, 4.69) is 10.1 Å². The van der Waals surface area contributed by atoms with Crippen LogP contribution in [0.1, 0.15) is 74.9 Å². The van der Waals surface area contributed by atoms with E-state index < -0.39 is 41.4 Å². The van der Waals surface area contributed by atoms with Crippen LogP contribution < -0.4 is 10.9 Å². The van der Waals surface area contributed by atoms with Gasteiger partial charge in [0.2, 0.25) is 0 Å². The van der Waals surface area contributed by atoms with Gasteiger partial charge in [-0.3, -0.25) is 4.79 Å². The van der Waals surface area contributed by atoms with E-state index in [9.17, 15) is 32.7 Å². The highest BCUT2D eigenvalue weighted by Gasteiger charge is 2.26. The molecule has 33 heavy (non-hydrogen) atoms. The van der Waals surface area contributed by atoms with Gasteiger partial charge in [0.25, 0.3) is 0 Å². The number of amides is 1. The third kappa shape index (κ3) is 9.97. The lowest BCUT2D eigenvalue weighted by molar-refractivity contribution is -0.133. The fourth-order valence-electron chi connectivity index (χ4n) is 2.89. The molecule has 0 aliphatic heterocycles. The Morgan fingerprint density at radius 3 is 2.48 bits per heavy atom. The lowest BCUT2D eigenvalue weighted by Crippen LogP contribution is -2.23. The van der Waals surface area contributed by atoms with Crippen molar-refractivity contribution in [2.75, 3.05) is 13.7 Å². The summed E-state index contributed by atoms with van der Waals surface area (Å²) in [5.41, 5.74) is -1.02. The van der Waals surface area contributed by atoms with Crippen molar-refractivity contribution in [2.45, 2.75) is 65.0 Å². The van der Waals surface area contributed by atoms with E-state index in [0.717, 1.165) is 0 Å². The predicted octanol–water partition coefficient (Wildman–Crippen LogP) is 5.39. The number of rotatable bonds is 11. The van der Waals surface area contributed by atoms with Crippen molar-refractivity contribution in [2.24, 2.45) is 0 Å². The second kappa shape index (κ2) is 12.9. The van der Waals surface area contributed by atoms with Crippen LogP contribution in [0.5, 0.6) is 5.75 Å². The minimum atomic E-state index is -4.27. The van der Waals surface area contributed by atoms with E-state index in [-0.39, 0.29) is 23.7 Å². The molecule has 0 saturated carbocycles. The van der Waals surface area contributed by atoms with Crippen molar-refractivity contribution in [1.29, 1.82) is 0 Å². The normalized spacial score (nSPS) is 13.5. The number of aromatic hydroxyl groups is 1. The highest BCUT2D eigenvalue weighted by molar-refractivity contribution is 6.09. The molecule has 7 nitrogen and oxygen atoms in total. The smallest absolute Gasteiger partial charge is 0.406 e. The Morgan fingerprint density at radius 1 is 1.24 bits per heavy atom. The van der Waals surface area contributed by atoms with Gasteiger partial charge in [-0.05, 0) is 38.7 Å². The summed E-state index contributed by atoms with van der Waals surface area (Å²) in [4.78, 5) is 35.9. The molecule has 1 atom stereocenters. The highest BCUT2D eigenvalue weighted by atomic mass is 19.4. The number of allylic oxidation sites excluding steroid dienone is 4. The number of unbranched alkanes of at least 4 members (excludes halogenated alkanes) is 1. The van der Waals surface area contributed by atoms with Gasteiger partial charge in [0, 0.05) is 24.9 Å². The van der Waals surface area contributed by atoms with Crippen LogP contribution in [0, 0.1) is 0 Å². The number of hydrogen-bond donors (Lipinski definition) is 2. The summed E-state index contributed by atoms with van der Waals surface area (Å²) in [5, 5.41) is 12.8. The number of alkyl halides is 3. The maximum absolute atomic E-state index is 12.6. The molecule has 0 radical (unpaired) electrons. The van der Waals surface area contributed by atoms with Crippen molar-refractivity contribution in [3.8, 4) is 5.75 Å². The number of hydrogen-bond acceptors (Lipinski definition) is 6. The fourth-order valence-corrected chi connectivity index (χ4v) is 2.89. The number of Topliss-reactive ketones (excluding diaryl/α,β-unsaturated/α-hetero) is 1. The van der Waals surface area contributed by atoms with Crippen LogP contribution in [0.4, 0.5) is 18.0 Å². The molecule has 1 unspecified atom stereocenters. The number of halogens is 3. The first-order chi connectivity index (χ1) is 15.4. The lowest BCUT2D eigenvalue weighted by Gasteiger charge is -2.12. The maximum Gasteiger partial charge on any atom is 0.406 e. The van der Waals surface area contributed by atoms with E-state index in [1.54, 1.807) is 6.92 Å². The SMILES string of the molecule is COC(=O)NCCCCC(C)c1cc(O)c(C(=O)/C(C)=C/C=C(\C)CCC(F)(F)F)c(=O)o1. The molecule has 0 fully saturated rings. The number of ether oxygens (including phenoxy) is 1. The van der Waals surface area contributed by atoms with Gasteiger partial charge < -0.3 is 19.6 Å². The molecule has 0 saturated heterocycles. The molecule has 0 bridgehead atoms. The summed E-state index contributed by atoms with van der Waals surface area (Å²) >= 11 is 0. The molecular formula is C23H30F3NO6. The summed E-state index contributed by atoms with van der Waals surface area (Å²) in [6, 6.07) is 1.23. The number of alkyl carbamates (subject to hydrolysis) is 1. The van der Waals surface area contributed by atoms with Crippen molar-refractivity contribution >= 4 is 11.9 Å². The highest BCUT2D eigenvalue weighted by Crippen LogP contribution is 2.27. The van der Waals surface area contributed by atoms with Crippen LogP contribution in [0.15, 0.2) is 38.6 Å². The first-order valence-corrected chi connectivity index (χ1v) is 10.5. The largest absolute Gasteiger partial charge is 0.507 e. The van der Waals surface area contributed by atoms with Crippen LogP contribution >= 0.6 is 0 Å². The minimum absolute atomic E-state index is 0.0721. The van der Waals surface area contributed by atoms with Gasteiger partial charge in [-0.15, -0.1) is 0 Å². The average molecular weight is 473 g/mol. The molecule has 2 N–H and O–H groups in total. The second-order valence-electron chi connectivity index (χ2n) is 7.82. The van der Waals surface area contributed by atoms with Crippen LogP contribution in [0.3, 0.4) is 0 Å². The Bertz CT molecular complexity index is 946. The number of ketones is 1. The summed E-state index contributed by atoms with van der Waals surface area (Å²) < 4.78 is 46.6. The Kier molecular flexibility index (Phi) is 10.9. The number of carbonyl (C=O) groups excluding carboxylic acids is 2. The Balaban J connectivity index is 2.82. The minimum Gasteiger partial charge on any atom is -0.507 e. The molecule has 0 aliphatic carbocycles. The van der Waals surface area contributed by atoms with Crippen LogP contribution in [-0.4, -0.2) is 36.8 Å². The van der Waals surface area contributed by atoms with E-state index in [1.165, 1.54) is 39.2 Å². The average Bonchev–Trinajstić information content (AvgIpc) is 2.74. The van der Waals surface area contributed by atoms with Crippen molar-refractivity contribution in [3.63, 3.8) is 0 Å². The first kappa shape index (κ1) is 28.0.